The molecular formula is C14H26N6O4. The molecule has 0 radical (unpaired) electrons. The van der Waals surface area contributed by atoms with Gasteiger partial charge in [0, 0.05) is 25.9 Å². The van der Waals surface area contributed by atoms with Crippen LogP contribution in [0.1, 0.15) is 40.5 Å². The summed E-state index contributed by atoms with van der Waals surface area (Å²) in [4.78, 5) is 30.5. The predicted octanol–water partition coefficient (Wildman–Crippen LogP) is 0.546. The van der Waals surface area contributed by atoms with Crippen molar-refractivity contribution >= 4 is 11.9 Å². The van der Waals surface area contributed by atoms with Crippen LogP contribution in [0.15, 0.2) is 5.28 Å². The fourth-order valence-corrected chi connectivity index (χ4v) is 2.91. The lowest BCUT2D eigenvalue weighted by molar-refractivity contribution is -0.725. The van der Waals surface area contributed by atoms with E-state index < -0.39 is 12.2 Å². The lowest BCUT2D eigenvalue weighted by atomic mass is 10.1. The van der Waals surface area contributed by atoms with Gasteiger partial charge in [0.2, 0.25) is 5.28 Å². The van der Waals surface area contributed by atoms with Crippen LogP contribution in [0.2, 0.25) is 0 Å². The highest BCUT2D eigenvalue weighted by Gasteiger charge is 2.37. The van der Waals surface area contributed by atoms with Crippen LogP contribution in [0.4, 0.5) is 4.79 Å². The molecule has 2 rings (SSSR count). The molecule has 24 heavy (non-hydrogen) atoms. The summed E-state index contributed by atoms with van der Waals surface area (Å²) in [6.45, 7) is 9.34. The molecule has 1 atom stereocenters. The van der Waals surface area contributed by atoms with Crippen LogP contribution in [0.5, 0.6) is 0 Å². The van der Waals surface area contributed by atoms with E-state index in [4.69, 9.17) is 4.84 Å². The van der Waals surface area contributed by atoms with Crippen molar-refractivity contribution in [3.8, 4) is 0 Å². The van der Waals surface area contributed by atoms with E-state index in [0.717, 1.165) is 0 Å². The van der Waals surface area contributed by atoms with Crippen molar-refractivity contribution in [2.45, 2.75) is 58.3 Å². The van der Waals surface area contributed by atoms with E-state index in [-0.39, 0.29) is 17.6 Å². The van der Waals surface area contributed by atoms with Crippen LogP contribution >= 0.6 is 0 Å². The second-order valence-electron chi connectivity index (χ2n) is 6.93. The first kappa shape index (κ1) is 18.2. The average Bonchev–Trinajstić information content (AvgIpc) is 2.83. The van der Waals surface area contributed by atoms with Crippen LogP contribution in [-0.4, -0.2) is 64.3 Å². The predicted molar refractivity (Wildman–Crippen MR) is 84.3 cm³/mol. The van der Waals surface area contributed by atoms with Gasteiger partial charge in [0.05, 0.1) is 17.1 Å². The average molecular weight is 342 g/mol. The highest BCUT2D eigenvalue weighted by molar-refractivity contribution is 6.03. The molecule has 0 saturated carbocycles. The number of imide groups is 1. The molecule has 2 aliphatic heterocycles. The molecule has 1 unspecified atom stereocenters. The van der Waals surface area contributed by atoms with E-state index in [1.807, 2.05) is 32.6 Å². The van der Waals surface area contributed by atoms with E-state index in [9.17, 15) is 14.8 Å². The Bertz CT molecular complexity index is 510. The van der Waals surface area contributed by atoms with Crippen molar-refractivity contribution in [2.75, 3.05) is 19.6 Å². The topological polar surface area (TPSA) is 112 Å². The molecule has 0 aromatic carbocycles. The molecule has 0 aromatic rings. The van der Waals surface area contributed by atoms with Gasteiger partial charge in [0.15, 0.2) is 6.17 Å². The molecule has 2 aliphatic rings. The first-order chi connectivity index (χ1) is 11.2. The molecule has 2 heterocycles. The van der Waals surface area contributed by atoms with Crippen LogP contribution < -0.4 is 10.6 Å². The van der Waals surface area contributed by atoms with Crippen molar-refractivity contribution in [3.63, 3.8) is 0 Å². The number of urea groups is 1. The molecule has 136 valence electrons. The van der Waals surface area contributed by atoms with Crippen molar-refractivity contribution in [1.29, 1.82) is 0 Å². The summed E-state index contributed by atoms with van der Waals surface area (Å²) in [6, 6.07) is -0.470. The Balaban J connectivity index is 1.84. The van der Waals surface area contributed by atoms with Crippen LogP contribution in [0.3, 0.4) is 0 Å². The third kappa shape index (κ3) is 4.25. The molecule has 2 fully saturated rings. The van der Waals surface area contributed by atoms with Gasteiger partial charge in [-0.1, -0.05) is 0 Å². The zero-order chi connectivity index (χ0) is 17.9. The van der Waals surface area contributed by atoms with Gasteiger partial charge >= 0.3 is 6.03 Å². The molecule has 10 nitrogen and oxygen atoms in total. The van der Waals surface area contributed by atoms with E-state index in [1.54, 1.807) is 5.01 Å². The minimum absolute atomic E-state index is 0.184. The molecule has 0 spiro atoms. The van der Waals surface area contributed by atoms with Crippen molar-refractivity contribution in [1.82, 2.24) is 20.5 Å². The molecule has 3 amide bonds. The van der Waals surface area contributed by atoms with E-state index >= 15 is 0 Å². The zero-order valence-corrected chi connectivity index (χ0v) is 14.6. The highest BCUT2D eigenvalue weighted by Crippen LogP contribution is 2.18. The second kappa shape index (κ2) is 7.20. The number of hydrogen-bond acceptors (Lipinski definition) is 6. The van der Waals surface area contributed by atoms with Gasteiger partial charge < -0.3 is 15.4 Å². The Morgan fingerprint density at radius 2 is 2.00 bits per heavy atom. The monoisotopic (exact) mass is 342 g/mol. The Kier molecular flexibility index (Phi) is 5.47. The zero-order valence-electron chi connectivity index (χ0n) is 14.6. The van der Waals surface area contributed by atoms with Gasteiger partial charge in [-0.15, -0.1) is 5.01 Å². The number of likely N-dealkylation sites (tertiary alicyclic amines) is 1. The number of carbonyl (C=O) groups excluding carboxylic acids is 2. The Labute approximate surface area is 141 Å². The SMILES string of the molecule is CCN(/[N+]([O-])=N/OC1CCN(C2NC(=O)NC2=O)CC1)C(C)(C)C. The van der Waals surface area contributed by atoms with Gasteiger partial charge in [-0.25, -0.2) is 4.79 Å². The number of amides is 3. The lowest BCUT2D eigenvalue weighted by Crippen LogP contribution is -2.51. The molecule has 0 bridgehead atoms. The summed E-state index contributed by atoms with van der Waals surface area (Å²) in [6.07, 6.45) is 0.441. The van der Waals surface area contributed by atoms with Gasteiger partial charge in [-0.2, -0.15) is 0 Å². The van der Waals surface area contributed by atoms with Gasteiger partial charge in [-0.05, 0) is 27.7 Å². The largest absolute Gasteiger partial charge is 0.569 e. The number of carbonyl (C=O) groups is 2. The Morgan fingerprint density at radius 1 is 1.38 bits per heavy atom. The van der Waals surface area contributed by atoms with Crippen LogP contribution in [-0.2, 0) is 9.63 Å². The molecule has 2 saturated heterocycles. The van der Waals surface area contributed by atoms with E-state index in [2.05, 4.69) is 15.9 Å². The van der Waals surface area contributed by atoms with Crippen LogP contribution in [0, 0.1) is 5.21 Å². The number of nitrogens with zero attached hydrogens (tertiary/aromatic N) is 4. The van der Waals surface area contributed by atoms with Gasteiger partial charge in [0.25, 0.3) is 5.91 Å². The molecule has 10 heteroatoms. The quantitative estimate of drug-likeness (QED) is 0.326. The number of piperidine rings is 1. The first-order valence-electron chi connectivity index (χ1n) is 8.19. The minimum atomic E-state index is -0.622. The third-order valence-electron chi connectivity index (χ3n) is 4.14. The maximum Gasteiger partial charge on any atom is 0.323 e. The maximum atomic E-state index is 12.1. The summed E-state index contributed by atoms with van der Waals surface area (Å²) in [5.74, 6) is -0.335. The summed E-state index contributed by atoms with van der Waals surface area (Å²) in [5, 5.41) is 22.1. The van der Waals surface area contributed by atoms with Crippen molar-refractivity contribution in [2.24, 2.45) is 5.28 Å². The summed E-state index contributed by atoms with van der Waals surface area (Å²) in [5.41, 5.74) is -0.346. The first-order valence-corrected chi connectivity index (χ1v) is 8.19. The smallest absolute Gasteiger partial charge is 0.323 e. The fourth-order valence-electron chi connectivity index (χ4n) is 2.91. The van der Waals surface area contributed by atoms with E-state index in [0.29, 0.717) is 37.4 Å². The summed E-state index contributed by atoms with van der Waals surface area (Å²) >= 11 is 0. The number of nitrogens with one attached hydrogen (secondary N) is 2. The highest BCUT2D eigenvalue weighted by atomic mass is 16.7. The number of hydrogen-bond donors (Lipinski definition) is 2. The van der Waals surface area contributed by atoms with E-state index in [1.165, 1.54) is 0 Å². The molecule has 2 N–H and O–H groups in total. The maximum absolute atomic E-state index is 12.1. The number of rotatable bonds is 5. The lowest BCUT2D eigenvalue weighted by Gasteiger charge is -2.33. The van der Waals surface area contributed by atoms with Crippen LogP contribution in [0.25, 0.3) is 0 Å². The van der Waals surface area contributed by atoms with Gasteiger partial charge in [0.1, 0.15) is 6.10 Å². The molecule has 0 aromatic heterocycles. The second-order valence-corrected chi connectivity index (χ2v) is 6.93. The number of hydrazine groups is 1. The van der Waals surface area contributed by atoms with Crippen molar-refractivity contribution < 1.29 is 19.4 Å². The summed E-state index contributed by atoms with van der Waals surface area (Å²) in [7, 11) is 0. The summed E-state index contributed by atoms with van der Waals surface area (Å²) < 4.78 is 0. The standard InChI is InChI=1S/C14H26N6O4/c1-5-19(14(2,3)4)20(23)17-24-10-6-8-18(9-7-10)11-12(21)16-13(22)15-11/h10-11H,5-9H2,1-4H3,(H2,15,16,21,22)/b20-17-. The normalized spacial score (nSPS) is 23.8. The minimum Gasteiger partial charge on any atom is -0.569 e. The Hall–Kier alpha value is -2.10. The van der Waals surface area contributed by atoms with Gasteiger partial charge in [-0.3, -0.25) is 15.0 Å². The third-order valence-corrected chi connectivity index (χ3v) is 4.14. The Morgan fingerprint density at radius 3 is 2.46 bits per heavy atom. The molecule has 0 aliphatic carbocycles. The van der Waals surface area contributed by atoms with Crippen molar-refractivity contribution in [3.05, 3.63) is 5.21 Å². The fraction of sp³-hybridized carbons (Fsp3) is 0.857. The molecular weight excluding hydrogens is 316 g/mol.